The molecule has 0 bridgehead atoms. The Bertz CT molecular complexity index is 1130. The van der Waals surface area contributed by atoms with E-state index in [9.17, 15) is 13.2 Å². The SMILES string of the molecule is CCOc1ccc(N(C(=O)CSc2ccc(Cl)cc2)S(=O)(=O)c2ccc(Cl)cc2)cc1. The standard InChI is InChI=1S/C22H19Cl2NO4S2/c1-2-29-19-9-7-18(8-10-19)25(31(27,28)21-13-5-17(24)6-14-21)22(26)15-30-20-11-3-16(23)4-12-20/h3-14H,2,15H2,1H3. The fourth-order valence-corrected chi connectivity index (χ4v) is 5.21. The molecule has 0 aliphatic carbocycles. The van der Waals surface area contributed by atoms with E-state index in [2.05, 4.69) is 0 Å². The maximum atomic E-state index is 13.4. The molecule has 0 aliphatic rings. The number of nitrogens with zero attached hydrogens (tertiary/aromatic N) is 1. The zero-order chi connectivity index (χ0) is 22.4. The van der Waals surface area contributed by atoms with Gasteiger partial charge in [0.05, 0.1) is 22.9 Å². The molecule has 3 aromatic rings. The normalized spacial score (nSPS) is 11.2. The average Bonchev–Trinajstić information content (AvgIpc) is 2.75. The molecular weight excluding hydrogens is 477 g/mol. The Hall–Kier alpha value is -2.19. The smallest absolute Gasteiger partial charge is 0.270 e. The summed E-state index contributed by atoms with van der Waals surface area (Å²) in [6.07, 6.45) is 0. The topological polar surface area (TPSA) is 63.7 Å². The van der Waals surface area contributed by atoms with Gasteiger partial charge in [0, 0.05) is 14.9 Å². The summed E-state index contributed by atoms with van der Waals surface area (Å²) in [4.78, 5) is 13.9. The molecule has 0 saturated heterocycles. The van der Waals surface area contributed by atoms with Gasteiger partial charge >= 0.3 is 0 Å². The monoisotopic (exact) mass is 495 g/mol. The van der Waals surface area contributed by atoms with Gasteiger partial charge in [-0.1, -0.05) is 23.2 Å². The number of benzene rings is 3. The van der Waals surface area contributed by atoms with Crippen LogP contribution in [0.15, 0.2) is 82.6 Å². The second-order valence-corrected chi connectivity index (χ2v) is 9.99. The second kappa shape index (κ2) is 10.4. The quantitative estimate of drug-likeness (QED) is 0.363. The van der Waals surface area contributed by atoms with E-state index in [0.717, 1.165) is 9.20 Å². The number of hydrogen-bond donors (Lipinski definition) is 0. The molecule has 0 unspecified atom stereocenters. The van der Waals surface area contributed by atoms with Gasteiger partial charge in [-0.3, -0.25) is 4.79 Å². The Morgan fingerprint density at radius 1 is 0.903 bits per heavy atom. The molecule has 0 fully saturated rings. The van der Waals surface area contributed by atoms with E-state index in [1.165, 1.54) is 36.0 Å². The first-order valence-corrected chi connectivity index (χ1v) is 12.4. The van der Waals surface area contributed by atoms with E-state index in [-0.39, 0.29) is 16.3 Å². The van der Waals surface area contributed by atoms with E-state index >= 15 is 0 Å². The third kappa shape index (κ3) is 5.95. The van der Waals surface area contributed by atoms with E-state index in [1.807, 2.05) is 6.92 Å². The number of carbonyl (C=O) groups is 1. The van der Waals surface area contributed by atoms with Crippen LogP contribution >= 0.6 is 35.0 Å². The van der Waals surface area contributed by atoms with Gasteiger partial charge in [0.1, 0.15) is 5.75 Å². The molecule has 0 radical (unpaired) electrons. The molecule has 0 aliphatic heterocycles. The fraction of sp³-hybridized carbons (Fsp3) is 0.136. The highest BCUT2D eigenvalue weighted by atomic mass is 35.5. The van der Waals surface area contributed by atoms with Gasteiger partial charge in [-0.2, -0.15) is 0 Å². The van der Waals surface area contributed by atoms with Crippen LogP contribution in [0.5, 0.6) is 5.75 Å². The molecular formula is C22H19Cl2NO4S2. The minimum absolute atomic E-state index is 0.0318. The third-order valence-corrected chi connectivity index (χ3v) is 7.40. The number of sulfonamides is 1. The molecule has 0 spiro atoms. The van der Waals surface area contributed by atoms with E-state index < -0.39 is 15.9 Å². The zero-order valence-electron chi connectivity index (χ0n) is 16.5. The van der Waals surface area contributed by atoms with Gasteiger partial charge in [0.15, 0.2) is 0 Å². The van der Waals surface area contributed by atoms with Crippen LogP contribution in [0.1, 0.15) is 6.92 Å². The van der Waals surface area contributed by atoms with Crippen LogP contribution < -0.4 is 9.04 Å². The summed E-state index contributed by atoms with van der Waals surface area (Å²) in [6.45, 7) is 2.32. The number of amides is 1. The molecule has 3 aromatic carbocycles. The highest BCUT2D eigenvalue weighted by Crippen LogP contribution is 2.29. The van der Waals surface area contributed by atoms with Crippen molar-refractivity contribution < 1.29 is 17.9 Å². The zero-order valence-corrected chi connectivity index (χ0v) is 19.6. The number of halogens is 2. The minimum Gasteiger partial charge on any atom is -0.494 e. The summed E-state index contributed by atoms with van der Waals surface area (Å²) < 4.78 is 32.9. The maximum Gasteiger partial charge on any atom is 0.270 e. The molecule has 0 N–H and O–H groups in total. The van der Waals surface area contributed by atoms with Crippen molar-refractivity contribution in [3.8, 4) is 5.75 Å². The molecule has 0 heterocycles. The maximum absolute atomic E-state index is 13.4. The van der Waals surface area contributed by atoms with Gasteiger partial charge < -0.3 is 4.74 Å². The summed E-state index contributed by atoms with van der Waals surface area (Å²) in [5.74, 6) is -0.0843. The minimum atomic E-state index is -4.16. The highest BCUT2D eigenvalue weighted by molar-refractivity contribution is 8.00. The van der Waals surface area contributed by atoms with Crippen molar-refractivity contribution >= 4 is 56.6 Å². The van der Waals surface area contributed by atoms with Crippen molar-refractivity contribution in [3.63, 3.8) is 0 Å². The largest absolute Gasteiger partial charge is 0.494 e. The van der Waals surface area contributed by atoms with E-state index in [4.69, 9.17) is 27.9 Å². The van der Waals surface area contributed by atoms with Gasteiger partial charge in [0.2, 0.25) is 0 Å². The first kappa shape index (κ1) is 23.5. The van der Waals surface area contributed by atoms with Crippen molar-refractivity contribution in [3.05, 3.63) is 82.8 Å². The van der Waals surface area contributed by atoms with Crippen LogP contribution in [0.4, 0.5) is 5.69 Å². The van der Waals surface area contributed by atoms with E-state index in [0.29, 0.717) is 22.4 Å². The average molecular weight is 496 g/mol. The number of thioether (sulfide) groups is 1. The number of ether oxygens (including phenoxy) is 1. The third-order valence-electron chi connectivity index (χ3n) is 4.14. The number of rotatable bonds is 8. The lowest BCUT2D eigenvalue weighted by molar-refractivity contribution is -0.115. The van der Waals surface area contributed by atoms with Crippen LogP contribution in [0.3, 0.4) is 0 Å². The van der Waals surface area contributed by atoms with Crippen LogP contribution in [-0.2, 0) is 14.8 Å². The van der Waals surface area contributed by atoms with Gasteiger partial charge in [-0.25, -0.2) is 12.7 Å². The lowest BCUT2D eigenvalue weighted by Gasteiger charge is -2.23. The predicted octanol–water partition coefficient (Wildman–Crippen LogP) is 5.91. The number of anilines is 1. The van der Waals surface area contributed by atoms with Gasteiger partial charge in [0.25, 0.3) is 15.9 Å². The lowest BCUT2D eigenvalue weighted by Crippen LogP contribution is -2.38. The van der Waals surface area contributed by atoms with Crippen LogP contribution in [0, 0.1) is 0 Å². The summed E-state index contributed by atoms with van der Waals surface area (Å²) in [5.41, 5.74) is 0.222. The van der Waals surface area contributed by atoms with Gasteiger partial charge in [-0.05, 0) is 79.7 Å². The molecule has 0 atom stereocenters. The Labute approximate surface area is 196 Å². The summed E-state index contributed by atoms with van der Waals surface area (Å²) >= 11 is 13.0. The van der Waals surface area contributed by atoms with Crippen LogP contribution in [-0.4, -0.2) is 26.7 Å². The highest BCUT2D eigenvalue weighted by Gasteiger charge is 2.31. The Morgan fingerprint density at radius 2 is 1.45 bits per heavy atom. The molecule has 0 saturated carbocycles. The van der Waals surface area contributed by atoms with Crippen molar-refractivity contribution in [2.75, 3.05) is 16.7 Å². The molecule has 162 valence electrons. The number of hydrogen-bond acceptors (Lipinski definition) is 5. The Balaban J connectivity index is 1.93. The predicted molar refractivity (Wildman–Crippen MR) is 126 cm³/mol. The summed E-state index contributed by atoms with van der Waals surface area (Å²) in [7, 11) is -4.16. The second-order valence-electron chi connectivity index (χ2n) is 6.29. The summed E-state index contributed by atoms with van der Waals surface area (Å²) in [5, 5.41) is 0.980. The van der Waals surface area contributed by atoms with Crippen molar-refractivity contribution in [2.45, 2.75) is 16.7 Å². The molecule has 1 amide bonds. The molecule has 3 rings (SSSR count). The number of carbonyl (C=O) groups excluding carboxylic acids is 1. The van der Waals surface area contributed by atoms with Crippen LogP contribution in [0.2, 0.25) is 10.0 Å². The van der Waals surface area contributed by atoms with Gasteiger partial charge in [-0.15, -0.1) is 11.8 Å². The molecule has 0 aromatic heterocycles. The molecule has 31 heavy (non-hydrogen) atoms. The fourth-order valence-electron chi connectivity index (χ4n) is 2.71. The van der Waals surface area contributed by atoms with E-state index in [1.54, 1.807) is 48.5 Å². The van der Waals surface area contributed by atoms with Crippen molar-refractivity contribution in [1.29, 1.82) is 0 Å². The summed E-state index contributed by atoms with van der Waals surface area (Å²) in [6, 6.07) is 19.0. The van der Waals surface area contributed by atoms with Crippen molar-refractivity contribution in [2.24, 2.45) is 0 Å². The first-order chi connectivity index (χ1) is 14.8. The Morgan fingerprint density at radius 3 is 2.00 bits per heavy atom. The Kier molecular flexibility index (Phi) is 7.89. The first-order valence-electron chi connectivity index (χ1n) is 9.26. The van der Waals surface area contributed by atoms with Crippen molar-refractivity contribution in [1.82, 2.24) is 0 Å². The molecule has 5 nitrogen and oxygen atoms in total. The molecule has 9 heteroatoms. The lowest BCUT2D eigenvalue weighted by atomic mass is 10.3. The van der Waals surface area contributed by atoms with Crippen LogP contribution in [0.25, 0.3) is 0 Å².